The van der Waals surface area contributed by atoms with Gasteiger partial charge < -0.3 is 4.98 Å². The van der Waals surface area contributed by atoms with E-state index in [2.05, 4.69) is 25.5 Å². The van der Waals surface area contributed by atoms with Gasteiger partial charge in [0.1, 0.15) is 5.01 Å². The Kier molecular flexibility index (Phi) is 5.79. The third kappa shape index (κ3) is 4.55. The number of carbonyl (C=O) groups is 1. The van der Waals surface area contributed by atoms with E-state index in [4.69, 9.17) is 0 Å². The van der Waals surface area contributed by atoms with Crippen molar-refractivity contribution in [2.75, 3.05) is 5.32 Å². The minimum absolute atomic E-state index is 0.199. The van der Waals surface area contributed by atoms with Gasteiger partial charge in [-0.05, 0) is 13.3 Å². The standard InChI is InChI=1S/C17H17N5O2S2/c1-3-12(25-16-18-9-8-13(23)19-16)14(24)20-17-22-21-15(26-17)11-6-4-10(2)5-7-11/h4-9,12H,3H2,1-2H3,(H,18,19,23)(H,20,22,24). The summed E-state index contributed by atoms with van der Waals surface area (Å²) in [5.74, 6) is -0.199. The summed E-state index contributed by atoms with van der Waals surface area (Å²) >= 11 is 2.53. The summed E-state index contributed by atoms with van der Waals surface area (Å²) in [6.45, 7) is 3.92. The minimum atomic E-state index is -0.396. The number of nitrogens with zero attached hydrogens (tertiary/aromatic N) is 3. The van der Waals surface area contributed by atoms with E-state index in [1.807, 2.05) is 38.1 Å². The predicted octanol–water partition coefficient (Wildman–Crippen LogP) is 3.11. The smallest absolute Gasteiger partial charge is 0.251 e. The Morgan fingerprint density at radius 1 is 1.27 bits per heavy atom. The van der Waals surface area contributed by atoms with E-state index in [0.29, 0.717) is 16.7 Å². The Balaban J connectivity index is 1.68. The molecule has 7 nitrogen and oxygen atoms in total. The molecule has 0 bridgehead atoms. The van der Waals surface area contributed by atoms with E-state index in [0.717, 1.165) is 10.6 Å². The Labute approximate surface area is 158 Å². The number of hydrogen-bond acceptors (Lipinski definition) is 7. The molecular weight excluding hydrogens is 370 g/mol. The van der Waals surface area contributed by atoms with Crippen molar-refractivity contribution in [3.05, 3.63) is 52.4 Å². The lowest BCUT2D eigenvalue weighted by Gasteiger charge is -2.12. The molecule has 0 spiro atoms. The van der Waals surface area contributed by atoms with E-state index in [-0.39, 0.29) is 11.5 Å². The molecule has 2 aromatic heterocycles. The first-order chi connectivity index (χ1) is 12.5. The molecule has 3 aromatic rings. The highest BCUT2D eigenvalue weighted by atomic mass is 32.2. The van der Waals surface area contributed by atoms with E-state index >= 15 is 0 Å². The first-order valence-electron chi connectivity index (χ1n) is 7.98. The maximum Gasteiger partial charge on any atom is 0.251 e. The maximum absolute atomic E-state index is 12.5. The number of amides is 1. The SMILES string of the molecule is CCC(Sc1nccc(=O)[nH]1)C(=O)Nc1nnc(-c2ccc(C)cc2)s1. The molecule has 1 unspecified atom stereocenters. The molecule has 1 atom stereocenters. The fourth-order valence-corrected chi connectivity index (χ4v) is 3.78. The van der Waals surface area contributed by atoms with Crippen LogP contribution < -0.4 is 10.9 Å². The molecule has 0 saturated carbocycles. The van der Waals surface area contributed by atoms with E-state index in [1.54, 1.807) is 0 Å². The number of hydrogen-bond donors (Lipinski definition) is 2. The van der Waals surface area contributed by atoms with Crippen molar-refractivity contribution in [3.63, 3.8) is 0 Å². The molecule has 1 aromatic carbocycles. The second-order valence-corrected chi connectivity index (χ2v) is 7.69. The number of H-pyrrole nitrogens is 1. The van der Waals surface area contributed by atoms with Gasteiger partial charge in [-0.3, -0.25) is 14.9 Å². The van der Waals surface area contributed by atoms with Crippen molar-refractivity contribution in [2.24, 2.45) is 0 Å². The molecule has 26 heavy (non-hydrogen) atoms. The molecule has 2 heterocycles. The van der Waals surface area contributed by atoms with E-state index < -0.39 is 5.25 Å². The summed E-state index contributed by atoms with van der Waals surface area (Å²) < 4.78 is 0. The first-order valence-corrected chi connectivity index (χ1v) is 9.68. The minimum Gasteiger partial charge on any atom is -0.301 e. The molecular formula is C17H17N5O2S2. The zero-order chi connectivity index (χ0) is 18.5. The average molecular weight is 387 g/mol. The zero-order valence-electron chi connectivity index (χ0n) is 14.2. The van der Waals surface area contributed by atoms with Crippen LogP contribution in [0.3, 0.4) is 0 Å². The van der Waals surface area contributed by atoms with Crippen LogP contribution in [0.15, 0.2) is 46.5 Å². The van der Waals surface area contributed by atoms with Crippen LogP contribution in [-0.2, 0) is 4.79 Å². The fourth-order valence-electron chi connectivity index (χ4n) is 2.14. The number of thioether (sulfide) groups is 1. The molecule has 1 amide bonds. The Morgan fingerprint density at radius 2 is 2.04 bits per heavy atom. The Bertz CT molecular complexity index is 952. The van der Waals surface area contributed by atoms with Gasteiger partial charge in [-0.1, -0.05) is 59.9 Å². The molecule has 0 aliphatic rings. The zero-order valence-corrected chi connectivity index (χ0v) is 15.9. The van der Waals surface area contributed by atoms with Crippen molar-refractivity contribution >= 4 is 34.1 Å². The molecule has 3 rings (SSSR count). The van der Waals surface area contributed by atoms with Gasteiger partial charge in [0.05, 0.1) is 5.25 Å². The number of benzene rings is 1. The lowest BCUT2D eigenvalue weighted by atomic mass is 10.2. The van der Waals surface area contributed by atoms with Gasteiger partial charge >= 0.3 is 0 Å². The van der Waals surface area contributed by atoms with Gasteiger partial charge in [0, 0.05) is 17.8 Å². The monoisotopic (exact) mass is 387 g/mol. The normalized spacial score (nSPS) is 11.9. The third-order valence-electron chi connectivity index (χ3n) is 3.52. The summed E-state index contributed by atoms with van der Waals surface area (Å²) in [4.78, 5) is 30.5. The highest BCUT2D eigenvalue weighted by Crippen LogP contribution is 2.28. The van der Waals surface area contributed by atoms with Crippen LogP contribution in [0.4, 0.5) is 5.13 Å². The predicted molar refractivity (Wildman–Crippen MR) is 104 cm³/mol. The lowest BCUT2D eigenvalue weighted by molar-refractivity contribution is -0.115. The van der Waals surface area contributed by atoms with Gasteiger partial charge in [0.25, 0.3) is 5.56 Å². The summed E-state index contributed by atoms with van der Waals surface area (Å²) in [6.07, 6.45) is 2.00. The lowest BCUT2D eigenvalue weighted by Crippen LogP contribution is -2.25. The molecule has 0 radical (unpaired) electrons. The number of nitrogens with one attached hydrogen (secondary N) is 2. The highest BCUT2D eigenvalue weighted by molar-refractivity contribution is 8.00. The first kappa shape index (κ1) is 18.3. The van der Waals surface area contributed by atoms with Gasteiger partial charge in [-0.2, -0.15) is 0 Å². The van der Waals surface area contributed by atoms with Gasteiger partial charge in [0.15, 0.2) is 5.16 Å². The molecule has 0 aliphatic heterocycles. The van der Waals surface area contributed by atoms with Gasteiger partial charge in [-0.25, -0.2) is 4.98 Å². The van der Waals surface area contributed by atoms with E-state index in [1.165, 1.54) is 40.9 Å². The number of aromatic nitrogens is 4. The Morgan fingerprint density at radius 3 is 2.73 bits per heavy atom. The number of aromatic amines is 1. The molecule has 2 N–H and O–H groups in total. The summed E-state index contributed by atoms with van der Waals surface area (Å²) in [5.41, 5.74) is 1.88. The molecule has 0 aliphatic carbocycles. The molecule has 0 saturated heterocycles. The second-order valence-electron chi connectivity index (χ2n) is 5.52. The van der Waals surface area contributed by atoms with Crippen LogP contribution in [0.5, 0.6) is 0 Å². The summed E-state index contributed by atoms with van der Waals surface area (Å²) in [6, 6.07) is 9.30. The summed E-state index contributed by atoms with van der Waals surface area (Å²) in [7, 11) is 0. The third-order valence-corrected chi connectivity index (χ3v) is 5.67. The number of rotatable bonds is 6. The fraction of sp³-hybridized carbons (Fsp3) is 0.235. The van der Waals surface area contributed by atoms with Crippen LogP contribution in [-0.4, -0.2) is 31.3 Å². The van der Waals surface area contributed by atoms with E-state index in [9.17, 15) is 9.59 Å². The van der Waals surface area contributed by atoms with Crippen molar-refractivity contribution < 1.29 is 4.79 Å². The topological polar surface area (TPSA) is 101 Å². The second kappa shape index (κ2) is 8.24. The van der Waals surface area contributed by atoms with Crippen LogP contribution in [0, 0.1) is 6.92 Å². The summed E-state index contributed by atoms with van der Waals surface area (Å²) in [5, 5.41) is 12.2. The highest BCUT2D eigenvalue weighted by Gasteiger charge is 2.20. The molecule has 0 fully saturated rings. The molecule has 134 valence electrons. The van der Waals surface area contributed by atoms with Crippen LogP contribution >= 0.6 is 23.1 Å². The quantitative estimate of drug-likeness (QED) is 0.498. The van der Waals surface area contributed by atoms with Crippen molar-refractivity contribution in [1.29, 1.82) is 0 Å². The van der Waals surface area contributed by atoms with Gasteiger partial charge in [-0.15, -0.1) is 10.2 Å². The van der Waals surface area contributed by atoms with Gasteiger partial charge in [0.2, 0.25) is 11.0 Å². The van der Waals surface area contributed by atoms with Crippen LogP contribution in [0.25, 0.3) is 10.6 Å². The Hall–Kier alpha value is -2.52. The number of anilines is 1. The largest absolute Gasteiger partial charge is 0.301 e. The number of carbonyl (C=O) groups excluding carboxylic acids is 1. The average Bonchev–Trinajstić information content (AvgIpc) is 3.08. The maximum atomic E-state index is 12.5. The van der Waals surface area contributed by atoms with Crippen molar-refractivity contribution in [2.45, 2.75) is 30.7 Å². The van der Waals surface area contributed by atoms with Crippen molar-refractivity contribution in [3.8, 4) is 10.6 Å². The number of aryl methyl sites for hydroxylation is 1. The van der Waals surface area contributed by atoms with Crippen LogP contribution in [0.2, 0.25) is 0 Å². The molecule has 9 heteroatoms. The van der Waals surface area contributed by atoms with Crippen molar-refractivity contribution in [1.82, 2.24) is 20.2 Å². The van der Waals surface area contributed by atoms with Crippen LogP contribution in [0.1, 0.15) is 18.9 Å².